The summed E-state index contributed by atoms with van der Waals surface area (Å²) in [6, 6.07) is 0. The highest BCUT2D eigenvalue weighted by Crippen LogP contribution is 2.19. The van der Waals surface area contributed by atoms with Gasteiger partial charge in [0.25, 0.3) is 0 Å². The highest BCUT2D eigenvalue weighted by atomic mass is 16.1. The molecule has 0 aliphatic heterocycles. The Morgan fingerprint density at radius 2 is 1.69 bits per heavy atom. The summed E-state index contributed by atoms with van der Waals surface area (Å²) < 4.78 is 0. The van der Waals surface area contributed by atoms with Gasteiger partial charge < -0.3 is 4.79 Å². The average Bonchev–Trinajstić information content (AvgIpc) is 2.26. The first-order chi connectivity index (χ1) is 7.60. The number of Topliss-reactive ketones (excluding diaryl/α,β-unsaturated/α-hetero) is 2. The van der Waals surface area contributed by atoms with Gasteiger partial charge in [-0.25, -0.2) is 0 Å². The van der Waals surface area contributed by atoms with Crippen molar-refractivity contribution in [2.24, 2.45) is 5.92 Å². The molecule has 0 rings (SSSR count). The Morgan fingerprint density at radius 3 is 2.19 bits per heavy atom. The van der Waals surface area contributed by atoms with Crippen molar-refractivity contribution in [2.75, 3.05) is 0 Å². The van der Waals surface area contributed by atoms with Gasteiger partial charge in [-0.1, -0.05) is 39.5 Å². The summed E-state index contributed by atoms with van der Waals surface area (Å²) in [4.78, 5) is 22.2. The smallest absolute Gasteiger partial charge is 0.133 e. The Bertz CT molecular complexity index is 209. The summed E-state index contributed by atoms with van der Waals surface area (Å²) in [5, 5.41) is 0. The lowest BCUT2D eigenvalue weighted by Gasteiger charge is -2.13. The minimum absolute atomic E-state index is 0.117. The maximum Gasteiger partial charge on any atom is 0.133 e. The standard InChI is InChI=1S/C14H26O2/c1-4-6-7-13(5-2)9-11-14(16)10-8-12(3)15/h13H,4-11H2,1-3H3. The van der Waals surface area contributed by atoms with Crippen LogP contribution in [0.15, 0.2) is 0 Å². The zero-order valence-corrected chi connectivity index (χ0v) is 11.1. The van der Waals surface area contributed by atoms with Gasteiger partial charge >= 0.3 is 0 Å². The van der Waals surface area contributed by atoms with Gasteiger partial charge in [-0.15, -0.1) is 0 Å². The molecule has 0 amide bonds. The first-order valence-electron chi connectivity index (χ1n) is 6.61. The van der Waals surface area contributed by atoms with Crippen LogP contribution in [0.25, 0.3) is 0 Å². The van der Waals surface area contributed by atoms with E-state index in [1.807, 2.05) is 0 Å². The molecule has 0 saturated carbocycles. The summed E-state index contributed by atoms with van der Waals surface area (Å²) in [5.41, 5.74) is 0. The van der Waals surface area contributed by atoms with Crippen molar-refractivity contribution in [1.29, 1.82) is 0 Å². The Balaban J connectivity index is 3.66. The molecular weight excluding hydrogens is 200 g/mol. The van der Waals surface area contributed by atoms with Crippen LogP contribution in [-0.2, 0) is 9.59 Å². The molecule has 0 aromatic rings. The van der Waals surface area contributed by atoms with Crippen LogP contribution in [0.4, 0.5) is 0 Å². The van der Waals surface area contributed by atoms with Crippen LogP contribution in [0.1, 0.15) is 72.1 Å². The monoisotopic (exact) mass is 226 g/mol. The van der Waals surface area contributed by atoms with E-state index in [1.54, 1.807) is 6.92 Å². The molecular formula is C14H26O2. The normalized spacial score (nSPS) is 12.4. The quantitative estimate of drug-likeness (QED) is 0.565. The van der Waals surface area contributed by atoms with Crippen molar-refractivity contribution in [3.63, 3.8) is 0 Å². The Kier molecular flexibility index (Phi) is 9.16. The number of hydrogen-bond acceptors (Lipinski definition) is 2. The molecule has 2 heteroatoms. The second kappa shape index (κ2) is 9.56. The third-order valence-corrected chi connectivity index (χ3v) is 3.13. The summed E-state index contributed by atoms with van der Waals surface area (Å²) in [7, 11) is 0. The molecule has 0 bridgehead atoms. The van der Waals surface area contributed by atoms with E-state index in [2.05, 4.69) is 13.8 Å². The van der Waals surface area contributed by atoms with Crippen molar-refractivity contribution >= 4 is 11.6 Å². The number of carbonyl (C=O) groups is 2. The van der Waals surface area contributed by atoms with Crippen LogP contribution in [0.2, 0.25) is 0 Å². The Morgan fingerprint density at radius 1 is 1.00 bits per heavy atom. The minimum Gasteiger partial charge on any atom is -0.300 e. The third kappa shape index (κ3) is 8.63. The van der Waals surface area contributed by atoms with Gasteiger partial charge in [0.2, 0.25) is 0 Å². The zero-order chi connectivity index (χ0) is 12.4. The minimum atomic E-state index is 0.117. The lowest BCUT2D eigenvalue weighted by molar-refractivity contribution is -0.123. The van der Waals surface area contributed by atoms with Crippen LogP contribution >= 0.6 is 0 Å². The van der Waals surface area contributed by atoms with Crippen molar-refractivity contribution in [3.05, 3.63) is 0 Å². The van der Waals surface area contributed by atoms with Gasteiger partial charge in [0.05, 0.1) is 0 Å². The summed E-state index contributed by atoms with van der Waals surface area (Å²) in [6.07, 6.45) is 7.44. The van der Waals surface area contributed by atoms with Gasteiger partial charge in [-0.05, 0) is 19.3 Å². The van der Waals surface area contributed by atoms with E-state index in [4.69, 9.17) is 0 Å². The fraction of sp³-hybridized carbons (Fsp3) is 0.857. The van der Waals surface area contributed by atoms with E-state index in [1.165, 1.54) is 25.7 Å². The number of ketones is 2. The van der Waals surface area contributed by atoms with E-state index in [0.717, 1.165) is 6.42 Å². The molecule has 2 nitrogen and oxygen atoms in total. The summed E-state index contributed by atoms with van der Waals surface area (Å²) in [5.74, 6) is 1.07. The number of rotatable bonds is 10. The number of carbonyl (C=O) groups excluding carboxylic acids is 2. The van der Waals surface area contributed by atoms with Crippen LogP contribution in [0.5, 0.6) is 0 Å². The molecule has 0 aliphatic rings. The molecule has 0 heterocycles. The fourth-order valence-corrected chi connectivity index (χ4v) is 1.85. The summed E-state index contributed by atoms with van der Waals surface area (Å²) >= 11 is 0. The van der Waals surface area contributed by atoms with Gasteiger partial charge in [0.1, 0.15) is 11.6 Å². The van der Waals surface area contributed by atoms with Crippen LogP contribution in [-0.4, -0.2) is 11.6 Å². The average molecular weight is 226 g/mol. The van der Waals surface area contributed by atoms with E-state index >= 15 is 0 Å². The molecule has 0 aliphatic carbocycles. The SMILES string of the molecule is CCCCC(CC)CCC(=O)CCC(C)=O. The molecule has 0 aromatic carbocycles. The number of unbranched alkanes of at least 4 members (excludes halogenated alkanes) is 1. The van der Waals surface area contributed by atoms with E-state index in [0.29, 0.717) is 25.2 Å². The Hall–Kier alpha value is -0.660. The van der Waals surface area contributed by atoms with Gasteiger partial charge in [0.15, 0.2) is 0 Å². The second-order valence-corrected chi connectivity index (χ2v) is 4.70. The summed E-state index contributed by atoms with van der Waals surface area (Å²) in [6.45, 7) is 5.94. The van der Waals surface area contributed by atoms with E-state index in [9.17, 15) is 9.59 Å². The van der Waals surface area contributed by atoms with Crippen molar-refractivity contribution in [3.8, 4) is 0 Å². The first-order valence-corrected chi connectivity index (χ1v) is 6.61. The van der Waals surface area contributed by atoms with Crippen molar-refractivity contribution in [1.82, 2.24) is 0 Å². The molecule has 0 radical (unpaired) electrons. The molecule has 0 saturated heterocycles. The molecule has 0 spiro atoms. The van der Waals surface area contributed by atoms with Crippen LogP contribution in [0, 0.1) is 5.92 Å². The lowest BCUT2D eigenvalue weighted by Crippen LogP contribution is -2.06. The Labute approximate surface area is 99.8 Å². The highest BCUT2D eigenvalue weighted by Gasteiger charge is 2.09. The maximum absolute atomic E-state index is 11.5. The molecule has 16 heavy (non-hydrogen) atoms. The van der Waals surface area contributed by atoms with Crippen molar-refractivity contribution < 1.29 is 9.59 Å². The number of hydrogen-bond donors (Lipinski definition) is 0. The fourth-order valence-electron chi connectivity index (χ4n) is 1.85. The third-order valence-electron chi connectivity index (χ3n) is 3.13. The zero-order valence-electron chi connectivity index (χ0n) is 11.1. The van der Waals surface area contributed by atoms with Crippen LogP contribution < -0.4 is 0 Å². The molecule has 1 unspecified atom stereocenters. The maximum atomic E-state index is 11.5. The largest absolute Gasteiger partial charge is 0.300 e. The molecule has 1 atom stereocenters. The lowest BCUT2D eigenvalue weighted by atomic mass is 9.92. The predicted molar refractivity (Wildman–Crippen MR) is 67.5 cm³/mol. The van der Waals surface area contributed by atoms with E-state index < -0.39 is 0 Å². The first kappa shape index (κ1) is 15.3. The molecule has 0 fully saturated rings. The van der Waals surface area contributed by atoms with Gasteiger partial charge in [0, 0.05) is 19.3 Å². The van der Waals surface area contributed by atoms with Crippen LogP contribution in [0.3, 0.4) is 0 Å². The van der Waals surface area contributed by atoms with Gasteiger partial charge in [-0.2, -0.15) is 0 Å². The molecule has 94 valence electrons. The predicted octanol–water partition coefficient (Wildman–Crippen LogP) is 3.92. The highest BCUT2D eigenvalue weighted by molar-refractivity contribution is 5.84. The molecule has 0 aromatic heterocycles. The van der Waals surface area contributed by atoms with Gasteiger partial charge in [-0.3, -0.25) is 4.79 Å². The topological polar surface area (TPSA) is 34.1 Å². The molecule has 0 N–H and O–H groups in total. The van der Waals surface area contributed by atoms with E-state index in [-0.39, 0.29) is 11.6 Å². The second-order valence-electron chi connectivity index (χ2n) is 4.70. The van der Waals surface area contributed by atoms with Crippen molar-refractivity contribution in [2.45, 2.75) is 72.1 Å².